The second-order valence-electron chi connectivity index (χ2n) is 8.14. The molecule has 0 amide bonds. The number of ether oxygens (including phenoxy) is 2. The molecule has 0 fully saturated rings. The Morgan fingerprint density at radius 2 is 1.32 bits per heavy atom. The lowest BCUT2D eigenvalue weighted by Crippen LogP contribution is -2.52. The second-order valence-corrected chi connectivity index (χ2v) is 12.9. The zero-order chi connectivity index (χ0) is 19.9. The van der Waals surface area contributed by atoms with Crippen molar-refractivity contribution >= 4 is 20.3 Å². The van der Waals surface area contributed by atoms with Gasteiger partial charge >= 0.3 is 11.9 Å². The van der Waals surface area contributed by atoms with Crippen LogP contribution < -0.4 is 0 Å². The van der Waals surface area contributed by atoms with E-state index in [4.69, 9.17) is 13.9 Å². The number of hydrogen-bond acceptors (Lipinski definition) is 5. The van der Waals surface area contributed by atoms with Crippen LogP contribution in [0.4, 0.5) is 0 Å². The third kappa shape index (κ3) is 8.18. The minimum Gasteiger partial charge on any atom is -0.466 e. The monoisotopic (exact) mass is 372 g/mol. The van der Waals surface area contributed by atoms with E-state index in [0.717, 1.165) is 5.57 Å². The zero-order valence-corrected chi connectivity index (χ0v) is 18.3. The quantitative estimate of drug-likeness (QED) is 0.318. The molecule has 25 heavy (non-hydrogen) atoms. The first kappa shape index (κ1) is 23.9. The normalized spacial score (nSPS) is 12.6. The fourth-order valence-corrected chi connectivity index (χ4v) is 4.10. The number of esters is 2. The SMILES string of the molecule is C=C(C)CC(CC(=O)OCC)(CC(=O)OCC)O[Si](C)(C)C(C)(C)C. The van der Waals surface area contributed by atoms with Crippen molar-refractivity contribution in [3.8, 4) is 0 Å². The van der Waals surface area contributed by atoms with E-state index in [1.54, 1.807) is 13.8 Å². The van der Waals surface area contributed by atoms with Crippen LogP contribution in [0.3, 0.4) is 0 Å². The summed E-state index contributed by atoms with van der Waals surface area (Å²) in [4.78, 5) is 24.5. The van der Waals surface area contributed by atoms with Crippen molar-refractivity contribution in [2.75, 3.05) is 13.2 Å². The maximum Gasteiger partial charge on any atom is 0.308 e. The van der Waals surface area contributed by atoms with Gasteiger partial charge in [0, 0.05) is 0 Å². The van der Waals surface area contributed by atoms with Crippen molar-refractivity contribution in [3.05, 3.63) is 12.2 Å². The maximum absolute atomic E-state index is 12.2. The topological polar surface area (TPSA) is 61.8 Å². The Morgan fingerprint density at radius 1 is 0.920 bits per heavy atom. The molecule has 0 N–H and O–H groups in total. The van der Waals surface area contributed by atoms with Crippen LogP contribution in [0.5, 0.6) is 0 Å². The van der Waals surface area contributed by atoms with Gasteiger partial charge in [-0.05, 0) is 45.3 Å². The number of carbonyl (C=O) groups excluding carboxylic acids is 2. The molecule has 0 rings (SSSR count). The van der Waals surface area contributed by atoms with Gasteiger partial charge in [-0.25, -0.2) is 0 Å². The highest BCUT2D eigenvalue weighted by atomic mass is 28.4. The minimum atomic E-state index is -2.24. The molecule has 5 nitrogen and oxygen atoms in total. The molecule has 0 aliphatic carbocycles. The summed E-state index contributed by atoms with van der Waals surface area (Å²) < 4.78 is 16.9. The summed E-state index contributed by atoms with van der Waals surface area (Å²) >= 11 is 0. The zero-order valence-electron chi connectivity index (χ0n) is 17.3. The Morgan fingerprint density at radius 3 is 1.60 bits per heavy atom. The van der Waals surface area contributed by atoms with E-state index in [0.29, 0.717) is 19.6 Å². The van der Waals surface area contributed by atoms with Crippen LogP contribution in [0, 0.1) is 0 Å². The van der Waals surface area contributed by atoms with Gasteiger partial charge in [0.1, 0.15) is 0 Å². The van der Waals surface area contributed by atoms with Crippen LogP contribution >= 0.6 is 0 Å². The molecule has 0 radical (unpaired) electrons. The van der Waals surface area contributed by atoms with E-state index in [9.17, 15) is 9.59 Å². The largest absolute Gasteiger partial charge is 0.466 e. The van der Waals surface area contributed by atoms with E-state index in [2.05, 4.69) is 40.4 Å². The van der Waals surface area contributed by atoms with Crippen molar-refractivity contribution < 1.29 is 23.5 Å². The number of hydrogen-bond donors (Lipinski definition) is 0. The fraction of sp³-hybridized carbons (Fsp3) is 0.789. The molecule has 0 saturated carbocycles. The summed E-state index contributed by atoms with van der Waals surface area (Å²) in [6.45, 7) is 20.5. The molecule has 0 unspecified atom stereocenters. The summed E-state index contributed by atoms with van der Waals surface area (Å²) in [7, 11) is -2.24. The Labute approximate surface area is 154 Å². The molecule has 146 valence electrons. The van der Waals surface area contributed by atoms with Crippen LogP contribution in [0.25, 0.3) is 0 Å². The molecule has 0 aliphatic rings. The summed E-state index contributed by atoms with van der Waals surface area (Å²) in [5.74, 6) is -0.737. The van der Waals surface area contributed by atoms with Crippen molar-refractivity contribution in [1.29, 1.82) is 0 Å². The molecule has 0 aromatic carbocycles. The first-order chi connectivity index (χ1) is 11.3. The lowest BCUT2D eigenvalue weighted by Gasteiger charge is -2.45. The van der Waals surface area contributed by atoms with E-state index in [-0.39, 0.29) is 29.8 Å². The van der Waals surface area contributed by atoms with E-state index >= 15 is 0 Å². The second kappa shape index (κ2) is 9.53. The van der Waals surface area contributed by atoms with E-state index < -0.39 is 13.9 Å². The molecular formula is C19H36O5Si. The van der Waals surface area contributed by atoms with Gasteiger partial charge in [0.2, 0.25) is 0 Å². The van der Waals surface area contributed by atoms with Gasteiger partial charge in [-0.2, -0.15) is 0 Å². The van der Waals surface area contributed by atoms with Gasteiger partial charge in [0.05, 0.1) is 31.7 Å². The summed E-state index contributed by atoms with van der Waals surface area (Å²) in [6.07, 6.45) is 0.440. The van der Waals surface area contributed by atoms with Crippen molar-refractivity contribution in [2.24, 2.45) is 0 Å². The van der Waals surface area contributed by atoms with Crippen LogP contribution in [0.2, 0.25) is 18.1 Å². The maximum atomic E-state index is 12.2. The Bertz CT molecular complexity index is 457. The Kier molecular flexibility index (Phi) is 9.09. The number of carbonyl (C=O) groups is 2. The molecule has 0 aromatic heterocycles. The van der Waals surface area contributed by atoms with Crippen LogP contribution in [0.15, 0.2) is 12.2 Å². The van der Waals surface area contributed by atoms with Gasteiger partial charge in [-0.1, -0.05) is 26.3 Å². The predicted molar refractivity (Wildman–Crippen MR) is 103 cm³/mol. The van der Waals surface area contributed by atoms with Gasteiger partial charge in [-0.15, -0.1) is 6.58 Å². The van der Waals surface area contributed by atoms with Gasteiger partial charge < -0.3 is 13.9 Å². The molecule has 0 aromatic rings. The fourth-order valence-electron chi connectivity index (χ4n) is 2.49. The molecule has 6 heteroatoms. The molecule has 0 bridgehead atoms. The standard InChI is InChI=1S/C19H36O5Si/c1-10-22-16(20)13-19(12-15(3)4,14-17(21)23-11-2)24-25(8,9)18(5,6)7/h3,10-14H2,1-2,4-9H3. The first-order valence-electron chi connectivity index (χ1n) is 8.94. The van der Waals surface area contributed by atoms with E-state index in [1.165, 1.54) is 0 Å². The highest BCUT2D eigenvalue weighted by Crippen LogP contribution is 2.42. The van der Waals surface area contributed by atoms with E-state index in [1.807, 2.05) is 6.92 Å². The third-order valence-corrected chi connectivity index (χ3v) is 9.00. The molecule has 0 atom stereocenters. The number of rotatable bonds is 10. The first-order valence-corrected chi connectivity index (χ1v) is 11.8. The average Bonchev–Trinajstić information content (AvgIpc) is 2.35. The molecule has 0 saturated heterocycles. The van der Waals surface area contributed by atoms with Crippen LogP contribution in [0.1, 0.15) is 60.8 Å². The lowest BCUT2D eigenvalue weighted by molar-refractivity contribution is -0.153. The van der Waals surface area contributed by atoms with Crippen LogP contribution in [-0.2, 0) is 23.5 Å². The molecular weight excluding hydrogens is 336 g/mol. The van der Waals surface area contributed by atoms with Gasteiger partial charge in [-0.3, -0.25) is 9.59 Å². The minimum absolute atomic E-state index is 0.0129. The van der Waals surface area contributed by atoms with Crippen molar-refractivity contribution in [3.63, 3.8) is 0 Å². The summed E-state index contributed by atoms with van der Waals surface area (Å²) in [5, 5.41) is -0.0589. The summed E-state index contributed by atoms with van der Waals surface area (Å²) in [6, 6.07) is 0. The smallest absolute Gasteiger partial charge is 0.308 e. The Hall–Kier alpha value is -1.14. The van der Waals surface area contributed by atoms with Gasteiger partial charge in [0.15, 0.2) is 8.32 Å². The van der Waals surface area contributed by atoms with Gasteiger partial charge in [0.25, 0.3) is 0 Å². The molecule has 0 aliphatic heterocycles. The van der Waals surface area contributed by atoms with Crippen molar-refractivity contribution in [1.82, 2.24) is 0 Å². The molecule has 0 spiro atoms. The van der Waals surface area contributed by atoms with Crippen molar-refractivity contribution in [2.45, 2.75) is 84.5 Å². The predicted octanol–water partition coefficient (Wildman–Crippen LogP) is 4.62. The van der Waals surface area contributed by atoms with Crippen LogP contribution in [-0.4, -0.2) is 39.1 Å². The lowest BCUT2D eigenvalue weighted by atomic mass is 9.89. The third-order valence-electron chi connectivity index (χ3n) is 4.45. The highest BCUT2D eigenvalue weighted by molar-refractivity contribution is 6.74. The highest BCUT2D eigenvalue weighted by Gasteiger charge is 2.47. The molecule has 0 heterocycles. The average molecular weight is 373 g/mol. The Balaban J connectivity index is 5.84. The summed E-state index contributed by atoms with van der Waals surface area (Å²) in [5.41, 5.74) is -0.125.